The number of ether oxygens (including phenoxy) is 1. The fourth-order valence-corrected chi connectivity index (χ4v) is 4.04. The van der Waals surface area contributed by atoms with Crippen molar-refractivity contribution in [1.82, 2.24) is 15.5 Å². The predicted molar refractivity (Wildman–Crippen MR) is 146 cm³/mol. The Labute approximate surface area is 218 Å². The Morgan fingerprint density at radius 2 is 1.61 bits per heavy atom. The molecule has 0 bridgehead atoms. The molecular formula is C29H49N3O4. The van der Waals surface area contributed by atoms with E-state index < -0.39 is 23.8 Å². The summed E-state index contributed by atoms with van der Waals surface area (Å²) in [4.78, 5) is 41.2. The first-order chi connectivity index (χ1) is 17.0. The van der Waals surface area contributed by atoms with Crippen LogP contribution in [0.5, 0.6) is 0 Å². The molecule has 1 aromatic rings. The molecule has 204 valence electrons. The van der Waals surface area contributed by atoms with E-state index in [-0.39, 0.29) is 11.8 Å². The molecular weight excluding hydrogens is 454 g/mol. The number of unbranched alkanes of at least 4 members (excludes halogenated alkanes) is 6. The molecule has 2 N–H and O–H groups in total. The van der Waals surface area contributed by atoms with Gasteiger partial charge in [0.2, 0.25) is 11.8 Å². The summed E-state index contributed by atoms with van der Waals surface area (Å²) in [5.74, 6) is -0.491. The van der Waals surface area contributed by atoms with Gasteiger partial charge in [-0.15, -0.1) is 0 Å². The molecule has 0 aromatic heterocycles. The molecule has 0 saturated heterocycles. The molecule has 0 radical (unpaired) electrons. The van der Waals surface area contributed by atoms with E-state index in [1.54, 1.807) is 32.6 Å². The molecule has 36 heavy (non-hydrogen) atoms. The van der Waals surface area contributed by atoms with E-state index in [0.29, 0.717) is 13.1 Å². The maximum absolute atomic E-state index is 13.7. The van der Waals surface area contributed by atoms with Crippen LogP contribution < -0.4 is 10.6 Å². The summed E-state index contributed by atoms with van der Waals surface area (Å²) in [7, 11) is 0. The van der Waals surface area contributed by atoms with Gasteiger partial charge in [-0.3, -0.25) is 9.59 Å². The zero-order valence-electron chi connectivity index (χ0n) is 23.6. The number of carbonyl (C=O) groups excluding carboxylic acids is 3. The maximum Gasteiger partial charge on any atom is 0.408 e. The molecule has 3 amide bonds. The first-order valence-electron chi connectivity index (χ1n) is 13.6. The summed E-state index contributed by atoms with van der Waals surface area (Å²) in [5.41, 5.74) is 1.12. The van der Waals surface area contributed by atoms with Gasteiger partial charge < -0.3 is 20.3 Å². The highest BCUT2D eigenvalue weighted by Crippen LogP contribution is 2.24. The fourth-order valence-electron chi connectivity index (χ4n) is 4.04. The summed E-state index contributed by atoms with van der Waals surface area (Å²) in [6.07, 6.45) is 7.46. The van der Waals surface area contributed by atoms with E-state index >= 15 is 0 Å². The molecule has 2 unspecified atom stereocenters. The highest BCUT2D eigenvalue weighted by Gasteiger charge is 2.34. The van der Waals surface area contributed by atoms with E-state index in [1.165, 1.54) is 0 Å². The summed E-state index contributed by atoms with van der Waals surface area (Å²) in [6.45, 7) is 14.2. The molecule has 0 aliphatic heterocycles. The molecule has 0 spiro atoms. The van der Waals surface area contributed by atoms with Crippen LogP contribution in [-0.4, -0.2) is 47.5 Å². The van der Waals surface area contributed by atoms with Crippen LogP contribution in [0.4, 0.5) is 4.79 Å². The minimum absolute atomic E-state index is 0.192. The molecule has 0 fully saturated rings. The summed E-state index contributed by atoms with van der Waals surface area (Å²) >= 11 is 0. The Hall–Kier alpha value is -2.57. The zero-order valence-corrected chi connectivity index (χ0v) is 23.6. The lowest BCUT2D eigenvalue weighted by Gasteiger charge is -2.34. The molecule has 1 aromatic carbocycles. The van der Waals surface area contributed by atoms with Gasteiger partial charge in [0, 0.05) is 13.1 Å². The SMILES string of the molecule is CCCCCCCN(C(=O)C(C)NC(=O)OC(C)(C)C)C(C(=O)NCCCCC)c1cccc(C)c1. The lowest BCUT2D eigenvalue weighted by atomic mass is 10.00. The Morgan fingerprint density at radius 3 is 2.22 bits per heavy atom. The Morgan fingerprint density at radius 1 is 0.972 bits per heavy atom. The summed E-state index contributed by atoms with van der Waals surface area (Å²) in [6, 6.07) is 6.13. The average Bonchev–Trinajstić information content (AvgIpc) is 2.79. The van der Waals surface area contributed by atoms with Crippen molar-refractivity contribution < 1.29 is 19.1 Å². The van der Waals surface area contributed by atoms with Crippen LogP contribution in [0.3, 0.4) is 0 Å². The third-order valence-electron chi connectivity index (χ3n) is 5.89. The Bertz CT molecular complexity index is 819. The third-order valence-corrected chi connectivity index (χ3v) is 5.89. The number of nitrogens with one attached hydrogen (secondary N) is 2. The number of amides is 3. The average molecular weight is 504 g/mol. The van der Waals surface area contributed by atoms with Gasteiger partial charge in [0.25, 0.3) is 0 Å². The fraction of sp³-hybridized carbons (Fsp3) is 0.690. The first-order valence-corrected chi connectivity index (χ1v) is 13.6. The van der Waals surface area contributed by atoms with Crippen LogP contribution in [0.1, 0.15) is 110 Å². The number of hydrogen-bond donors (Lipinski definition) is 2. The molecule has 0 heterocycles. The van der Waals surface area contributed by atoms with Gasteiger partial charge in [0.05, 0.1) is 0 Å². The van der Waals surface area contributed by atoms with Crippen molar-refractivity contribution in [2.24, 2.45) is 0 Å². The van der Waals surface area contributed by atoms with Gasteiger partial charge >= 0.3 is 6.09 Å². The predicted octanol–water partition coefficient (Wildman–Crippen LogP) is 6.05. The van der Waals surface area contributed by atoms with Crippen molar-refractivity contribution in [1.29, 1.82) is 0 Å². The van der Waals surface area contributed by atoms with Crippen molar-refractivity contribution in [3.8, 4) is 0 Å². The Balaban J connectivity index is 3.22. The maximum atomic E-state index is 13.7. The number of rotatable bonds is 15. The van der Waals surface area contributed by atoms with Crippen LogP contribution >= 0.6 is 0 Å². The highest BCUT2D eigenvalue weighted by atomic mass is 16.6. The zero-order chi connectivity index (χ0) is 27.1. The third kappa shape index (κ3) is 11.9. The van der Waals surface area contributed by atoms with Gasteiger partial charge in [-0.1, -0.05) is 82.2 Å². The Kier molecular flexibility index (Phi) is 14.2. The topological polar surface area (TPSA) is 87.7 Å². The van der Waals surface area contributed by atoms with Crippen LogP contribution in [0, 0.1) is 6.92 Å². The van der Waals surface area contributed by atoms with E-state index in [0.717, 1.165) is 62.5 Å². The molecule has 1 rings (SSSR count). The summed E-state index contributed by atoms with van der Waals surface area (Å²) in [5, 5.41) is 5.71. The highest BCUT2D eigenvalue weighted by molar-refractivity contribution is 5.92. The molecule has 7 heteroatoms. The second-order valence-corrected chi connectivity index (χ2v) is 10.6. The molecule has 0 aliphatic rings. The van der Waals surface area contributed by atoms with E-state index in [1.807, 2.05) is 31.2 Å². The second-order valence-electron chi connectivity index (χ2n) is 10.6. The van der Waals surface area contributed by atoms with Crippen LogP contribution in [0.25, 0.3) is 0 Å². The van der Waals surface area contributed by atoms with E-state index in [4.69, 9.17) is 4.74 Å². The van der Waals surface area contributed by atoms with Gasteiger partial charge in [0.15, 0.2) is 0 Å². The van der Waals surface area contributed by atoms with E-state index in [2.05, 4.69) is 24.5 Å². The van der Waals surface area contributed by atoms with Crippen LogP contribution in [-0.2, 0) is 14.3 Å². The van der Waals surface area contributed by atoms with Crippen molar-refractivity contribution in [2.75, 3.05) is 13.1 Å². The number of alkyl carbamates (subject to hydrolysis) is 1. The van der Waals surface area contributed by atoms with Crippen molar-refractivity contribution in [2.45, 2.75) is 118 Å². The lowest BCUT2D eigenvalue weighted by Crippen LogP contribution is -2.52. The van der Waals surface area contributed by atoms with Gasteiger partial charge in [0.1, 0.15) is 17.7 Å². The largest absolute Gasteiger partial charge is 0.444 e. The van der Waals surface area contributed by atoms with E-state index in [9.17, 15) is 14.4 Å². The van der Waals surface area contributed by atoms with Gasteiger partial charge in [-0.05, 0) is 53.0 Å². The normalized spacial score (nSPS) is 13.0. The minimum atomic E-state index is -0.837. The first kappa shape index (κ1) is 31.5. The van der Waals surface area contributed by atoms with Crippen molar-refractivity contribution in [3.63, 3.8) is 0 Å². The summed E-state index contributed by atoms with van der Waals surface area (Å²) < 4.78 is 5.35. The monoisotopic (exact) mass is 503 g/mol. The van der Waals surface area contributed by atoms with Gasteiger partial charge in [-0.25, -0.2) is 4.79 Å². The molecule has 2 atom stereocenters. The van der Waals surface area contributed by atoms with Crippen molar-refractivity contribution in [3.05, 3.63) is 35.4 Å². The molecule has 0 saturated carbocycles. The lowest BCUT2D eigenvalue weighted by molar-refractivity contribution is -0.142. The number of aryl methyl sites for hydroxylation is 1. The number of benzene rings is 1. The second kappa shape index (κ2) is 16.2. The number of carbonyl (C=O) groups is 3. The smallest absolute Gasteiger partial charge is 0.408 e. The quantitative estimate of drug-likeness (QED) is 0.285. The van der Waals surface area contributed by atoms with Crippen LogP contribution in [0.2, 0.25) is 0 Å². The van der Waals surface area contributed by atoms with Gasteiger partial charge in [-0.2, -0.15) is 0 Å². The van der Waals surface area contributed by atoms with Crippen molar-refractivity contribution >= 4 is 17.9 Å². The minimum Gasteiger partial charge on any atom is -0.444 e. The van der Waals surface area contributed by atoms with Crippen LogP contribution in [0.15, 0.2) is 24.3 Å². The standard InChI is InChI=1S/C29H49N3O4/c1-8-10-12-13-15-20-32(27(34)23(4)31-28(35)36-29(5,6)7)25(24-18-16-17-22(3)21-24)26(33)30-19-14-11-9-2/h16-18,21,23,25H,8-15,19-20H2,1-7H3,(H,30,33)(H,31,35). The molecule has 0 aliphatic carbocycles. The number of hydrogen-bond acceptors (Lipinski definition) is 4. The molecule has 7 nitrogen and oxygen atoms in total. The number of nitrogens with zero attached hydrogens (tertiary/aromatic N) is 1.